The number of carbonyl (C=O) groups is 1. The Kier molecular flexibility index (Phi) is 5.00. The largest absolute Gasteiger partial charge is 0.476 e. The van der Waals surface area contributed by atoms with Gasteiger partial charge >= 0.3 is 5.97 Å². The molecule has 130 valence electrons. The van der Waals surface area contributed by atoms with Gasteiger partial charge < -0.3 is 15.2 Å². The fourth-order valence-corrected chi connectivity index (χ4v) is 2.40. The van der Waals surface area contributed by atoms with Gasteiger partial charge in [-0.3, -0.25) is 4.68 Å². The number of carboxylic acids is 1. The summed E-state index contributed by atoms with van der Waals surface area (Å²) in [6.07, 6.45) is 2.93. The molecule has 0 saturated carbocycles. The molecule has 0 aliphatic rings. The molecular weight excluding hydrogens is 350 g/mol. The van der Waals surface area contributed by atoms with Crippen molar-refractivity contribution in [1.29, 1.82) is 0 Å². The minimum atomic E-state index is -1.21. The van der Waals surface area contributed by atoms with Gasteiger partial charge in [-0.05, 0) is 24.6 Å². The van der Waals surface area contributed by atoms with Gasteiger partial charge in [0.2, 0.25) is 5.28 Å². The van der Waals surface area contributed by atoms with E-state index in [0.717, 1.165) is 0 Å². The summed E-state index contributed by atoms with van der Waals surface area (Å²) in [5, 5.41) is 16.4. The van der Waals surface area contributed by atoms with Crippen molar-refractivity contribution in [3.63, 3.8) is 0 Å². The van der Waals surface area contributed by atoms with E-state index in [1.54, 1.807) is 12.3 Å². The highest BCUT2D eigenvalue weighted by Gasteiger charge is 2.22. The highest BCUT2D eigenvalue weighted by Crippen LogP contribution is 2.27. The molecule has 0 aliphatic carbocycles. The standard InChI is InChI=1S/C14H14ClN7O3/c1-2-25-6-5-22-11-9(10(21-22)13(23)24)19-14(15)20-12(11)18-8-3-4-16-7-17-8/h3-4,7H,2,5-6H2,1H3,(H,23,24)(H,16,17,18,19,20). The number of hydrogen-bond donors (Lipinski definition) is 2. The second-order valence-corrected chi connectivity index (χ2v) is 5.17. The van der Waals surface area contributed by atoms with Gasteiger partial charge in [0.25, 0.3) is 0 Å². The summed E-state index contributed by atoms with van der Waals surface area (Å²) in [5.74, 6) is -0.436. The van der Waals surface area contributed by atoms with E-state index >= 15 is 0 Å². The molecule has 3 aromatic heterocycles. The Balaban J connectivity index is 2.12. The number of rotatable bonds is 7. The maximum atomic E-state index is 11.5. The van der Waals surface area contributed by atoms with Crippen molar-refractivity contribution >= 4 is 40.2 Å². The Bertz CT molecular complexity index is 900. The summed E-state index contributed by atoms with van der Waals surface area (Å²) in [5.41, 5.74) is 0.335. The molecule has 0 unspecified atom stereocenters. The van der Waals surface area contributed by atoms with Crippen molar-refractivity contribution in [2.45, 2.75) is 13.5 Å². The van der Waals surface area contributed by atoms with Crippen LogP contribution in [0.4, 0.5) is 11.6 Å². The molecule has 0 bridgehead atoms. The van der Waals surface area contributed by atoms with Crippen LogP contribution in [0.25, 0.3) is 11.0 Å². The van der Waals surface area contributed by atoms with E-state index in [9.17, 15) is 9.90 Å². The lowest BCUT2D eigenvalue weighted by molar-refractivity contribution is 0.0690. The molecule has 11 heteroatoms. The first kappa shape index (κ1) is 17.0. The van der Waals surface area contributed by atoms with Crippen LogP contribution in [0.1, 0.15) is 17.4 Å². The van der Waals surface area contributed by atoms with Gasteiger partial charge in [0.1, 0.15) is 23.2 Å². The van der Waals surface area contributed by atoms with Gasteiger partial charge in [0, 0.05) is 12.8 Å². The Morgan fingerprint density at radius 2 is 2.28 bits per heavy atom. The monoisotopic (exact) mass is 363 g/mol. The lowest BCUT2D eigenvalue weighted by Crippen LogP contribution is -2.10. The lowest BCUT2D eigenvalue weighted by atomic mass is 10.3. The molecular formula is C14H14ClN7O3. The van der Waals surface area contributed by atoms with E-state index in [2.05, 4.69) is 30.4 Å². The van der Waals surface area contributed by atoms with Crippen molar-refractivity contribution in [1.82, 2.24) is 29.7 Å². The third-order valence-corrected chi connectivity index (χ3v) is 3.41. The number of carboxylic acid groups (broad SMARTS) is 1. The second-order valence-electron chi connectivity index (χ2n) is 4.83. The van der Waals surface area contributed by atoms with Crippen LogP contribution in [-0.4, -0.2) is 54.0 Å². The third-order valence-electron chi connectivity index (χ3n) is 3.24. The molecule has 0 radical (unpaired) electrons. The lowest BCUT2D eigenvalue weighted by Gasteiger charge is -2.09. The molecule has 0 amide bonds. The van der Waals surface area contributed by atoms with E-state index in [4.69, 9.17) is 16.3 Å². The first-order valence-corrected chi connectivity index (χ1v) is 7.76. The van der Waals surface area contributed by atoms with Crippen LogP contribution in [-0.2, 0) is 11.3 Å². The number of halogens is 1. The molecule has 0 saturated heterocycles. The highest BCUT2D eigenvalue weighted by atomic mass is 35.5. The zero-order chi connectivity index (χ0) is 17.8. The van der Waals surface area contributed by atoms with E-state index in [1.807, 2.05) is 6.92 Å². The molecule has 3 aromatic rings. The SMILES string of the molecule is CCOCCn1nc(C(=O)O)c2nc(Cl)nc(Nc3ccncn3)c21. The molecule has 0 aliphatic heterocycles. The van der Waals surface area contributed by atoms with Crippen LogP contribution < -0.4 is 5.32 Å². The average molecular weight is 364 g/mol. The number of fused-ring (bicyclic) bond motifs is 1. The van der Waals surface area contributed by atoms with Gasteiger partial charge in [-0.1, -0.05) is 0 Å². The van der Waals surface area contributed by atoms with Crippen LogP contribution >= 0.6 is 11.6 Å². The third kappa shape index (κ3) is 3.64. The van der Waals surface area contributed by atoms with E-state index in [-0.39, 0.29) is 16.5 Å². The molecule has 0 spiro atoms. The minimum Gasteiger partial charge on any atom is -0.476 e. The van der Waals surface area contributed by atoms with Gasteiger partial charge in [-0.2, -0.15) is 10.1 Å². The minimum absolute atomic E-state index is 0.101. The Hall–Kier alpha value is -2.85. The van der Waals surface area contributed by atoms with Gasteiger partial charge in [0.05, 0.1) is 13.2 Å². The second kappa shape index (κ2) is 7.36. The number of ether oxygens (including phenoxy) is 1. The maximum absolute atomic E-state index is 11.5. The number of nitrogens with one attached hydrogen (secondary N) is 1. The van der Waals surface area contributed by atoms with Gasteiger partial charge in [-0.15, -0.1) is 0 Å². The fraction of sp³-hybridized carbons (Fsp3) is 0.286. The van der Waals surface area contributed by atoms with Crippen molar-refractivity contribution in [2.24, 2.45) is 0 Å². The number of nitrogens with zero attached hydrogens (tertiary/aromatic N) is 6. The highest BCUT2D eigenvalue weighted by molar-refractivity contribution is 6.29. The first-order valence-electron chi connectivity index (χ1n) is 7.38. The van der Waals surface area contributed by atoms with Crippen molar-refractivity contribution in [3.8, 4) is 0 Å². The van der Waals surface area contributed by atoms with E-state index < -0.39 is 5.97 Å². The predicted molar refractivity (Wildman–Crippen MR) is 89.1 cm³/mol. The van der Waals surface area contributed by atoms with Crippen molar-refractivity contribution in [2.75, 3.05) is 18.5 Å². The van der Waals surface area contributed by atoms with E-state index in [0.29, 0.717) is 36.9 Å². The molecule has 10 nitrogen and oxygen atoms in total. The van der Waals surface area contributed by atoms with Crippen LogP contribution in [0.2, 0.25) is 5.28 Å². The molecule has 0 fully saturated rings. The summed E-state index contributed by atoms with van der Waals surface area (Å²) >= 11 is 5.95. The Morgan fingerprint density at radius 1 is 1.44 bits per heavy atom. The Labute approximate surface area is 146 Å². The molecule has 0 aromatic carbocycles. The summed E-state index contributed by atoms with van der Waals surface area (Å²) in [6.45, 7) is 3.11. The van der Waals surface area contributed by atoms with Gasteiger partial charge in [0.15, 0.2) is 11.5 Å². The number of hydrogen-bond acceptors (Lipinski definition) is 8. The van der Waals surface area contributed by atoms with Crippen LogP contribution in [0.3, 0.4) is 0 Å². The zero-order valence-corrected chi connectivity index (χ0v) is 13.9. The Morgan fingerprint density at radius 3 is 2.96 bits per heavy atom. The number of aromatic nitrogens is 6. The molecule has 3 heterocycles. The van der Waals surface area contributed by atoms with Crippen LogP contribution in [0, 0.1) is 0 Å². The van der Waals surface area contributed by atoms with Crippen LogP contribution in [0.15, 0.2) is 18.6 Å². The molecule has 2 N–H and O–H groups in total. The zero-order valence-electron chi connectivity index (χ0n) is 13.2. The van der Waals surface area contributed by atoms with Crippen molar-refractivity contribution < 1.29 is 14.6 Å². The van der Waals surface area contributed by atoms with Gasteiger partial charge in [-0.25, -0.2) is 19.7 Å². The van der Waals surface area contributed by atoms with E-state index in [1.165, 1.54) is 11.0 Å². The summed E-state index contributed by atoms with van der Waals surface area (Å²) in [4.78, 5) is 27.6. The quantitative estimate of drug-likeness (QED) is 0.476. The topological polar surface area (TPSA) is 128 Å². The predicted octanol–water partition coefficient (Wildman–Crippen LogP) is 1.75. The number of anilines is 2. The normalized spacial score (nSPS) is 11.0. The maximum Gasteiger partial charge on any atom is 0.358 e. The first-order chi connectivity index (χ1) is 12.1. The summed E-state index contributed by atoms with van der Waals surface area (Å²) < 4.78 is 6.80. The smallest absolute Gasteiger partial charge is 0.358 e. The van der Waals surface area contributed by atoms with Crippen LogP contribution in [0.5, 0.6) is 0 Å². The average Bonchev–Trinajstić information content (AvgIpc) is 2.95. The molecule has 3 rings (SSSR count). The molecule has 0 atom stereocenters. The number of aromatic carboxylic acids is 1. The fourth-order valence-electron chi connectivity index (χ4n) is 2.23. The summed E-state index contributed by atoms with van der Waals surface area (Å²) in [6, 6.07) is 1.64. The molecule has 25 heavy (non-hydrogen) atoms. The summed E-state index contributed by atoms with van der Waals surface area (Å²) in [7, 11) is 0. The van der Waals surface area contributed by atoms with Crippen molar-refractivity contribution in [3.05, 3.63) is 29.6 Å².